The van der Waals surface area contributed by atoms with Gasteiger partial charge in [0.05, 0.1) is 12.6 Å². The molecule has 3 aliphatic rings. The second kappa shape index (κ2) is 9.54. The lowest BCUT2D eigenvalue weighted by atomic mass is 9.86. The Morgan fingerprint density at radius 2 is 1.91 bits per heavy atom. The van der Waals surface area contributed by atoms with Crippen molar-refractivity contribution in [3.8, 4) is 0 Å². The van der Waals surface area contributed by atoms with E-state index in [9.17, 15) is 9.90 Å². The smallest absolute Gasteiger partial charge is 0.410 e. The number of hydrogen-bond donors (Lipinski definition) is 1. The molecule has 3 atom stereocenters. The quantitative estimate of drug-likeness (QED) is 0.525. The molecule has 0 radical (unpaired) electrons. The molecule has 1 aliphatic carbocycles. The van der Waals surface area contributed by atoms with Crippen molar-refractivity contribution < 1.29 is 19.4 Å². The first-order chi connectivity index (χ1) is 15.2. The second-order valence-corrected chi connectivity index (χ2v) is 10.7. The second-order valence-electron chi connectivity index (χ2n) is 10.7. The van der Waals surface area contributed by atoms with E-state index in [0.29, 0.717) is 6.61 Å². The van der Waals surface area contributed by atoms with Crippen LogP contribution >= 0.6 is 0 Å². The molecule has 0 aromatic heterocycles. The molecule has 6 heteroatoms. The molecular weight excluding hydrogens is 404 g/mol. The Labute approximate surface area is 192 Å². The first-order valence-electron chi connectivity index (χ1n) is 12.0. The highest BCUT2D eigenvalue weighted by Crippen LogP contribution is 2.42. The number of aliphatic hydroxyl groups is 1. The summed E-state index contributed by atoms with van der Waals surface area (Å²) in [5.41, 5.74) is 1.96. The number of ether oxygens (including phenoxy) is 2. The lowest BCUT2D eigenvalue weighted by Crippen LogP contribution is -2.46. The average molecular weight is 443 g/mol. The molecule has 2 aliphatic heterocycles. The molecule has 32 heavy (non-hydrogen) atoms. The summed E-state index contributed by atoms with van der Waals surface area (Å²) in [6.07, 6.45) is 6.45. The molecule has 1 N–H and O–H groups in total. The van der Waals surface area contributed by atoms with Crippen molar-refractivity contribution in [2.24, 2.45) is 5.41 Å². The van der Waals surface area contributed by atoms with Crippen LogP contribution in [-0.4, -0.2) is 65.1 Å². The predicted molar refractivity (Wildman–Crippen MR) is 124 cm³/mol. The van der Waals surface area contributed by atoms with Crippen LogP contribution in [0.1, 0.15) is 58.4 Å². The SMILES string of the molecule is CC(C)(C)OC(=O)N1CC[C@]2(CCN([C@@H](C3=CCCC3)C(O)OCc3ccccc3)C2)C1. The van der Waals surface area contributed by atoms with E-state index in [4.69, 9.17) is 9.47 Å². The zero-order chi connectivity index (χ0) is 22.8. The van der Waals surface area contributed by atoms with Crippen LogP contribution in [0.25, 0.3) is 0 Å². The van der Waals surface area contributed by atoms with Crippen molar-refractivity contribution >= 4 is 6.09 Å². The summed E-state index contributed by atoms with van der Waals surface area (Å²) in [5.74, 6) is 0. The molecule has 176 valence electrons. The third-order valence-corrected chi connectivity index (χ3v) is 6.94. The number of nitrogens with zero attached hydrogens (tertiary/aromatic N) is 2. The van der Waals surface area contributed by atoms with Crippen LogP contribution < -0.4 is 0 Å². The summed E-state index contributed by atoms with van der Waals surface area (Å²) < 4.78 is 11.6. The third-order valence-electron chi connectivity index (χ3n) is 6.94. The minimum absolute atomic E-state index is 0.0769. The van der Waals surface area contributed by atoms with Crippen molar-refractivity contribution in [3.63, 3.8) is 0 Å². The monoisotopic (exact) mass is 442 g/mol. The van der Waals surface area contributed by atoms with E-state index in [0.717, 1.165) is 63.8 Å². The lowest BCUT2D eigenvalue weighted by Gasteiger charge is -2.34. The maximum absolute atomic E-state index is 12.6. The van der Waals surface area contributed by atoms with Crippen molar-refractivity contribution in [2.75, 3.05) is 26.2 Å². The maximum Gasteiger partial charge on any atom is 0.410 e. The van der Waals surface area contributed by atoms with Crippen molar-refractivity contribution in [3.05, 3.63) is 47.5 Å². The van der Waals surface area contributed by atoms with Crippen LogP contribution in [0.5, 0.6) is 0 Å². The van der Waals surface area contributed by atoms with Gasteiger partial charge in [-0.25, -0.2) is 4.79 Å². The summed E-state index contributed by atoms with van der Waals surface area (Å²) in [4.78, 5) is 16.8. The fraction of sp³-hybridized carbons (Fsp3) is 0.654. The Hall–Kier alpha value is -1.89. The Bertz CT molecular complexity index is 819. The number of carbonyl (C=O) groups excluding carboxylic acids is 1. The number of allylic oxidation sites excluding steroid dienone is 1. The molecule has 2 heterocycles. The van der Waals surface area contributed by atoms with Gasteiger partial charge in [-0.1, -0.05) is 42.0 Å². The van der Waals surface area contributed by atoms with Crippen LogP contribution in [0.2, 0.25) is 0 Å². The van der Waals surface area contributed by atoms with E-state index in [1.165, 1.54) is 5.57 Å². The molecule has 1 amide bonds. The van der Waals surface area contributed by atoms with Gasteiger partial charge in [0.1, 0.15) is 5.60 Å². The zero-order valence-corrected chi connectivity index (χ0v) is 19.8. The third kappa shape index (κ3) is 5.53. The molecule has 0 saturated carbocycles. The van der Waals surface area contributed by atoms with Crippen LogP contribution in [0.3, 0.4) is 0 Å². The van der Waals surface area contributed by atoms with Gasteiger partial charge in [0.2, 0.25) is 0 Å². The normalized spacial score (nSPS) is 25.9. The van der Waals surface area contributed by atoms with Gasteiger partial charge in [0, 0.05) is 25.0 Å². The molecule has 2 fully saturated rings. The summed E-state index contributed by atoms with van der Waals surface area (Å²) >= 11 is 0. The van der Waals surface area contributed by atoms with E-state index < -0.39 is 11.9 Å². The minimum atomic E-state index is -0.863. The van der Waals surface area contributed by atoms with Gasteiger partial charge in [0.15, 0.2) is 6.29 Å². The molecule has 1 unspecified atom stereocenters. The van der Waals surface area contributed by atoms with Gasteiger partial charge in [-0.05, 0) is 65.0 Å². The molecule has 4 rings (SSSR count). The predicted octanol–water partition coefficient (Wildman–Crippen LogP) is 4.33. The van der Waals surface area contributed by atoms with Crippen LogP contribution in [0, 0.1) is 5.41 Å². The Balaban J connectivity index is 1.40. The minimum Gasteiger partial charge on any atom is -0.444 e. The standard InChI is InChI=1S/C26H38N2O4/c1-25(2,3)32-24(30)28-16-14-26(19-28)13-15-27(18-26)22(21-11-7-8-12-21)23(29)31-17-20-9-5-4-6-10-20/h4-6,9-11,22-23,29H,7-8,12-19H2,1-3H3/t22-,23?,26-/m0/s1. The van der Waals surface area contributed by atoms with E-state index in [1.807, 2.05) is 56.0 Å². The highest BCUT2D eigenvalue weighted by atomic mass is 16.6. The largest absolute Gasteiger partial charge is 0.444 e. The summed E-state index contributed by atoms with van der Waals surface area (Å²) in [5, 5.41) is 11.1. The van der Waals surface area contributed by atoms with Crippen LogP contribution in [-0.2, 0) is 16.1 Å². The Kier molecular flexibility index (Phi) is 6.94. The molecule has 2 saturated heterocycles. The molecule has 1 spiro atoms. The van der Waals surface area contributed by atoms with E-state index >= 15 is 0 Å². The molecule has 1 aromatic rings. The van der Waals surface area contributed by atoms with Crippen LogP contribution in [0.4, 0.5) is 4.79 Å². The van der Waals surface area contributed by atoms with Gasteiger partial charge in [-0.3, -0.25) is 4.90 Å². The van der Waals surface area contributed by atoms with Crippen LogP contribution in [0.15, 0.2) is 42.0 Å². The van der Waals surface area contributed by atoms with Crippen molar-refractivity contribution in [2.45, 2.75) is 77.4 Å². The first-order valence-corrected chi connectivity index (χ1v) is 12.0. The van der Waals surface area contributed by atoms with Gasteiger partial charge >= 0.3 is 6.09 Å². The molecule has 6 nitrogen and oxygen atoms in total. The molecular formula is C26H38N2O4. The van der Waals surface area contributed by atoms with Gasteiger partial charge in [-0.15, -0.1) is 0 Å². The number of amides is 1. The maximum atomic E-state index is 12.6. The fourth-order valence-corrected chi connectivity index (χ4v) is 5.37. The highest BCUT2D eigenvalue weighted by molar-refractivity contribution is 5.68. The van der Waals surface area contributed by atoms with E-state index in [-0.39, 0.29) is 17.6 Å². The summed E-state index contributed by atoms with van der Waals surface area (Å²) in [7, 11) is 0. The average Bonchev–Trinajstić information content (AvgIpc) is 3.49. The number of benzene rings is 1. The molecule has 0 bridgehead atoms. The number of aliphatic hydroxyl groups excluding tert-OH is 1. The van der Waals surface area contributed by atoms with E-state index in [1.54, 1.807) is 0 Å². The van der Waals surface area contributed by atoms with Crippen molar-refractivity contribution in [1.29, 1.82) is 0 Å². The number of rotatable bonds is 6. The zero-order valence-electron chi connectivity index (χ0n) is 19.8. The van der Waals surface area contributed by atoms with Gasteiger partial charge in [-0.2, -0.15) is 0 Å². The van der Waals surface area contributed by atoms with E-state index in [2.05, 4.69) is 11.0 Å². The fourth-order valence-electron chi connectivity index (χ4n) is 5.37. The lowest BCUT2D eigenvalue weighted by molar-refractivity contribution is -0.141. The number of hydrogen-bond acceptors (Lipinski definition) is 5. The van der Waals surface area contributed by atoms with Crippen molar-refractivity contribution in [1.82, 2.24) is 9.80 Å². The highest BCUT2D eigenvalue weighted by Gasteiger charge is 2.48. The Morgan fingerprint density at radius 3 is 2.59 bits per heavy atom. The number of likely N-dealkylation sites (tertiary alicyclic amines) is 2. The molecule has 1 aromatic carbocycles. The number of carbonyl (C=O) groups is 1. The first kappa shape index (κ1) is 23.3. The Morgan fingerprint density at radius 1 is 1.16 bits per heavy atom. The topological polar surface area (TPSA) is 62.2 Å². The van der Waals surface area contributed by atoms with Gasteiger partial charge < -0.3 is 19.5 Å². The van der Waals surface area contributed by atoms with Gasteiger partial charge in [0.25, 0.3) is 0 Å². The summed E-state index contributed by atoms with van der Waals surface area (Å²) in [6.45, 7) is 9.38. The summed E-state index contributed by atoms with van der Waals surface area (Å²) in [6, 6.07) is 9.89.